The van der Waals surface area contributed by atoms with E-state index in [-0.39, 0.29) is 0 Å². The van der Waals surface area contributed by atoms with Crippen molar-refractivity contribution in [2.24, 2.45) is 0 Å². The van der Waals surface area contributed by atoms with Crippen LogP contribution in [0.15, 0.2) is 24.5 Å². The highest BCUT2D eigenvalue weighted by Gasteiger charge is 2.26. The molecule has 92 valence electrons. The lowest BCUT2D eigenvalue weighted by molar-refractivity contribution is -0.171. The van der Waals surface area contributed by atoms with E-state index in [0.29, 0.717) is 0 Å². The second kappa shape index (κ2) is 4.82. The molecule has 0 N–H and O–H groups in total. The lowest BCUT2D eigenvalue weighted by Gasteiger charge is -2.18. The van der Waals surface area contributed by atoms with Gasteiger partial charge in [-0.3, -0.25) is 4.57 Å². The molecule has 6 nitrogen and oxygen atoms in total. The van der Waals surface area contributed by atoms with E-state index in [1.54, 1.807) is 32.9 Å². The maximum absolute atomic E-state index is 11.3. The van der Waals surface area contributed by atoms with Crippen LogP contribution in [0.1, 0.15) is 20.8 Å². The first kappa shape index (κ1) is 13.0. The van der Waals surface area contributed by atoms with Crippen molar-refractivity contribution in [1.29, 1.82) is 0 Å². The Morgan fingerprint density at radius 2 is 1.53 bits per heavy atom. The molecule has 0 fully saturated rings. The number of carbonyl (C=O) groups is 3. The number of hydrogen-bond donors (Lipinski definition) is 0. The molecule has 17 heavy (non-hydrogen) atoms. The summed E-state index contributed by atoms with van der Waals surface area (Å²) in [6.07, 6.45) is 1.83. The Hall–Kier alpha value is -2.11. The van der Waals surface area contributed by atoms with Gasteiger partial charge in [0.2, 0.25) is 0 Å². The fourth-order valence-electron chi connectivity index (χ4n) is 0.950. The number of aromatic nitrogens is 1. The highest BCUT2D eigenvalue weighted by atomic mass is 16.6. The van der Waals surface area contributed by atoms with E-state index in [9.17, 15) is 14.4 Å². The minimum atomic E-state index is -1.33. The second-order valence-electron chi connectivity index (χ2n) is 4.25. The minimum Gasteiger partial charge on any atom is -0.452 e. The molecule has 0 radical (unpaired) electrons. The maximum Gasteiger partial charge on any atom is 0.426 e. The fraction of sp³-hybridized carbons (Fsp3) is 0.364. The molecule has 0 atom stereocenters. The van der Waals surface area contributed by atoms with E-state index in [4.69, 9.17) is 4.74 Å². The molecule has 0 aromatic carbocycles. The molecular formula is C11H13NO5. The van der Waals surface area contributed by atoms with E-state index in [1.165, 1.54) is 12.4 Å². The molecule has 0 aliphatic rings. The first-order chi connectivity index (χ1) is 7.79. The topological polar surface area (TPSA) is 74.6 Å². The van der Waals surface area contributed by atoms with Crippen LogP contribution in [0.5, 0.6) is 0 Å². The van der Waals surface area contributed by atoms with Gasteiger partial charge in [-0.05, 0) is 32.9 Å². The Kier molecular flexibility index (Phi) is 3.67. The monoisotopic (exact) mass is 239 g/mol. The van der Waals surface area contributed by atoms with Crippen molar-refractivity contribution >= 4 is 18.0 Å². The van der Waals surface area contributed by atoms with Crippen molar-refractivity contribution in [2.45, 2.75) is 26.4 Å². The van der Waals surface area contributed by atoms with Crippen LogP contribution in [0, 0.1) is 0 Å². The average Bonchev–Trinajstić information content (AvgIpc) is 2.67. The number of nitrogens with zero attached hydrogens (tertiary/aromatic N) is 1. The quantitative estimate of drug-likeness (QED) is 0.388. The van der Waals surface area contributed by atoms with Crippen molar-refractivity contribution in [2.75, 3.05) is 0 Å². The number of rotatable bonds is 0. The van der Waals surface area contributed by atoms with Crippen molar-refractivity contribution < 1.29 is 23.9 Å². The summed E-state index contributed by atoms with van der Waals surface area (Å²) in [6.45, 7) is 4.81. The normalized spacial score (nSPS) is 10.8. The zero-order valence-corrected chi connectivity index (χ0v) is 9.80. The standard InChI is InChI=1S/C11H13NO5/c1-11(2,3)17-9(14)8(13)16-10(15)12-6-4-5-7-12/h4-7H,1-3H3. The SMILES string of the molecule is CC(C)(C)OC(=O)C(=O)OC(=O)n1cccc1. The van der Waals surface area contributed by atoms with Gasteiger partial charge in [-0.1, -0.05) is 0 Å². The van der Waals surface area contributed by atoms with E-state index < -0.39 is 23.6 Å². The Morgan fingerprint density at radius 1 is 1.00 bits per heavy atom. The molecule has 0 bridgehead atoms. The summed E-state index contributed by atoms with van der Waals surface area (Å²) in [5.74, 6) is -2.53. The largest absolute Gasteiger partial charge is 0.452 e. The van der Waals surface area contributed by atoms with Gasteiger partial charge in [-0.2, -0.15) is 0 Å². The third-order valence-corrected chi connectivity index (χ3v) is 1.56. The predicted octanol–water partition coefficient (Wildman–Crippen LogP) is 1.34. The van der Waals surface area contributed by atoms with Crippen molar-refractivity contribution in [1.82, 2.24) is 4.57 Å². The number of esters is 2. The summed E-state index contributed by atoms with van der Waals surface area (Å²) in [5, 5.41) is 0. The lowest BCUT2D eigenvalue weighted by Crippen LogP contribution is -2.32. The summed E-state index contributed by atoms with van der Waals surface area (Å²) in [4.78, 5) is 33.7. The van der Waals surface area contributed by atoms with Crippen LogP contribution in [0.2, 0.25) is 0 Å². The fourth-order valence-corrected chi connectivity index (χ4v) is 0.950. The summed E-state index contributed by atoms with van der Waals surface area (Å²) in [6, 6.07) is 3.17. The lowest BCUT2D eigenvalue weighted by atomic mass is 10.2. The van der Waals surface area contributed by atoms with E-state index in [0.717, 1.165) is 4.57 Å². The Morgan fingerprint density at radius 3 is 2.00 bits per heavy atom. The molecule has 1 rings (SSSR count). The molecule has 0 unspecified atom stereocenters. The maximum atomic E-state index is 11.3. The first-order valence-electron chi connectivity index (χ1n) is 4.92. The predicted molar refractivity (Wildman–Crippen MR) is 57.2 cm³/mol. The van der Waals surface area contributed by atoms with Crippen LogP contribution in [0.25, 0.3) is 0 Å². The summed E-state index contributed by atoms with van der Waals surface area (Å²) in [5.41, 5.74) is -0.813. The molecule has 0 amide bonds. The molecule has 1 aromatic rings. The number of ether oxygens (including phenoxy) is 2. The van der Waals surface area contributed by atoms with Crippen LogP contribution in [-0.4, -0.2) is 28.2 Å². The molecule has 6 heteroatoms. The van der Waals surface area contributed by atoms with Crippen LogP contribution in [-0.2, 0) is 19.1 Å². The Labute approximate surface area is 98.1 Å². The molecule has 0 saturated heterocycles. The molecular weight excluding hydrogens is 226 g/mol. The number of carbonyl (C=O) groups excluding carboxylic acids is 3. The highest BCUT2D eigenvalue weighted by molar-refractivity contribution is 6.31. The van der Waals surface area contributed by atoms with Crippen molar-refractivity contribution in [3.8, 4) is 0 Å². The van der Waals surface area contributed by atoms with Gasteiger partial charge in [-0.15, -0.1) is 0 Å². The van der Waals surface area contributed by atoms with Crippen LogP contribution >= 0.6 is 0 Å². The summed E-state index contributed by atoms with van der Waals surface area (Å²) < 4.78 is 10.1. The third kappa shape index (κ3) is 4.10. The van der Waals surface area contributed by atoms with E-state index in [1.807, 2.05) is 0 Å². The van der Waals surface area contributed by atoms with Gasteiger partial charge < -0.3 is 9.47 Å². The average molecular weight is 239 g/mol. The van der Waals surface area contributed by atoms with Gasteiger partial charge in [0.15, 0.2) is 0 Å². The molecule has 1 heterocycles. The first-order valence-corrected chi connectivity index (χ1v) is 4.92. The smallest absolute Gasteiger partial charge is 0.426 e. The second-order valence-corrected chi connectivity index (χ2v) is 4.25. The van der Waals surface area contributed by atoms with E-state index >= 15 is 0 Å². The van der Waals surface area contributed by atoms with Gasteiger partial charge in [-0.25, -0.2) is 14.4 Å². The van der Waals surface area contributed by atoms with Gasteiger partial charge in [0.1, 0.15) is 5.60 Å². The third-order valence-electron chi connectivity index (χ3n) is 1.56. The zero-order valence-electron chi connectivity index (χ0n) is 9.80. The molecule has 0 aliphatic heterocycles. The zero-order chi connectivity index (χ0) is 13.1. The minimum absolute atomic E-state index is 0.813. The van der Waals surface area contributed by atoms with Gasteiger partial charge in [0, 0.05) is 12.4 Å². The van der Waals surface area contributed by atoms with Crippen LogP contribution in [0.4, 0.5) is 4.79 Å². The van der Waals surface area contributed by atoms with Crippen molar-refractivity contribution in [3.63, 3.8) is 0 Å². The highest BCUT2D eigenvalue weighted by Crippen LogP contribution is 2.07. The van der Waals surface area contributed by atoms with Gasteiger partial charge in [0.25, 0.3) is 0 Å². The Bertz CT molecular complexity index is 427. The molecule has 0 aliphatic carbocycles. The summed E-state index contributed by atoms with van der Waals surface area (Å²) in [7, 11) is 0. The van der Waals surface area contributed by atoms with Gasteiger partial charge >= 0.3 is 18.0 Å². The molecule has 0 saturated carbocycles. The number of hydrogen-bond acceptors (Lipinski definition) is 5. The summed E-state index contributed by atoms with van der Waals surface area (Å²) >= 11 is 0. The van der Waals surface area contributed by atoms with Gasteiger partial charge in [0.05, 0.1) is 0 Å². The van der Waals surface area contributed by atoms with Crippen LogP contribution < -0.4 is 0 Å². The van der Waals surface area contributed by atoms with E-state index in [2.05, 4.69) is 4.74 Å². The van der Waals surface area contributed by atoms with Crippen molar-refractivity contribution in [3.05, 3.63) is 24.5 Å². The Balaban J connectivity index is 2.55. The molecule has 0 spiro atoms. The molecule has 1 aromatic heterocycles. The van der Waals surface area contributed by atoms with Crippen LogP contribution in [0.3, 0.4) is 0 Å².